The largest absolute Gasteiger partial charge is 0.481 e. The van der Waals surface area contributed by atoms with Crippen LogP contribution in [-0.4, -0.2) is 38.7 Å². The maximum Gasteiger partial charge on any atom is 0.262 e. The molecule has 1 fully saturated rings. The van der Waals surface area contributed by atoms with Gasteiger partial charge in [-0.2, -0.15) is 0 Å². The van der Waals surface area contributed by atoms with Crippen molar-refractivity contribution >= 4 is 17.3 Å². The van der Waals surface area contributed by atoms with Crippen LogP contribution in [0.4, 0.5) is 11.4 Å². The van der Waals surface area contributed by atoms with Crippen molar-refractivity contribution in [3.63, 3.8) is 0 Å². The first-order valence-electron chi connectivity index (χ1n) is 6.83. The summed E-state index contributed by atoms with van der Waals surface area (Å²) in [5.41, 5.74) is 3.14. The molecule has 0 aliphatic carbocycles. The second-order valence-electron chi connectivity index (χ2n) is 4.91. The molecule has 2 heterocycles. The molecular formula is C14H19N3O2. The molecule has 1 amide bonds. The van der Waals surface area contributed by atoms with Gasteiger partial charge in [-0.25, -0.2) is 0 Å². The van der Waals surface area contributed by atoms with Crippen LogP contribution in [0.15, 0.2) is 12.1 Å². The molecule has 3 rings (SSSR count). The Morgan fingerprint density at radius 3 is 2.84 bits per heavy atom. The molecule has 1 aromatic rings. The van der Waals surface area contributed by atoms with E-state index in [1.165, 1.54) is 5.69 Å². The standard InChI is InChI=1S/C14H19N3O2/c1-2-10-7-11(17-5-3-15-4-6-17)8-12-14(10)19-9-13(18)16-12/h7-8,15H,2-6,9H2,1H3,(H,16,18). The van der Waals surface area contributed by atoms with Crippen molar-refractivity contribution in [3.8, 4) is 5.75 Å². The summed E-state index contributed by atoms with van der Waals surface area (Å²) < 4.78 is 5.56. The molecule has 2 aliphatic heterocycles. The number of nitrogens with zero attached hydrogens (tertiary/aromatic N) is 1. The van der Waals surface area contributed by atoms with Crippen LogP contribution >= 0.6 is 0 Å². The van der Waals surface area contributed by atoms with E-state index in [1.54, 1.807) is 0 Å². The van der Waals surface area contributed by atoms with Crippen LogP contribution in [0.1, 0.15) is 12.5 Å². The molecule has 0 bridgehead atoms. The molecule has 0 spiro atoms. The summed E-state index contributed by atoms with van der Waals surface area (Å²) in [6.45, 7) is 6.22. The van der Waals surface area contributed by atoms with Gasteiger partial charge in [0.15, 0.2) is 6.61 Å². The second-order valence-corrected chi connectivity index (χ2v) is 4.91. The van der Waals surface area contributed by atoms with Crippen molar-refractivity contribution in [2.24, 2.45) is 0 Å². The quantitative estimate of drug-likeness (QED) is 0.833. The van der Waals surface area contributed by atoms with Crippen LogP contribution < -0.4 is 20.3 Å². The van der Waals surface area contributed by atoms with Crippen molar-refractivity contribution < 1.29 is 9.53 Å². The predicted octanol–water partition coefficient (Wildman–Crippen LogP) is 0.989. The van der Waals surface area contributed by atoms with Crippen LogP contribution in [0.2, 0.25) is 0 Å². The molecule has 0 aromatic heterocycles. The minimum atomic E-state index is -0.0768. The monoisotopic (exact) mass is 261 g/mol. The molecule has 19 heavy (non-hydrogen) atoms. The highest BCUT2D eigenvalue weighted by Crippen LogP contribution is 2.36. The summed E-state index contributed by atoms with van der Waals surface area (Å²) in [7, 11) is 0. The van der Waals surface area contributed by atoms with E-state index in [0.717, 1.165) is 49.6 Å². The molecular weight excluding hydrogens is 242 g/mol. The molecule has 2 N–H and O–H groups in total. The Labute approximate surface area is 112 Å². The van der Waals surface area contributed by atoms with Crippen LogP contribution in [-0.2, 0) is 11.2 Å². The fraction of sp³-hybridized carbons (Fsp3) is 0.500. The van der Waals surface area contributed by atoms with E-state index in [-0.39, 0.29) is 12.5 Å². The lowest BCUT2D eigenvalue weighted by Gasteiger charge is -2.31. The average Bonchev–Trinajstić information content (AvgIpc) is 2.46. The van der Waals surface area contributed by atoms with Gasteiger partial charge in [0.05, 0.1) is 5.69 Å². The summed E-state index contributed by atoms with van der Waals surface area (Å²) >= 11 is 0. The molecule has 102 valence electrons. The highest BCUT2D eigenvalue weighted by atomic mass is 16.5. The first-order valence-corrected chi connectivity index (χ1v) is 6.83. The lowest BCUT2D eigenvalue weighted by Crippen LogP contribution is -2.43. The summed E-state index contributed by atoms with van der Waals surface area (Å²) in [4.78, 5) is 13.8. The number of nitrogens with one attached hydrogen (secondary N) is 2. The Kier molecular flexibility index (Phi) is 3.29. The molecule has 0 radical (unpaired) electrons. The third-order valence-electron chi connectivity index (χ3n) is 3.64. The van der Waals surface area contributed by atoms with E-state index < -0.39 is 0 Å². The van der Waals surface area contributed by atoms with Crippen LogP contribution in [0.3, 0.4) is 0 Å². The number of aryl methyl sites for hydroxylation is 1. The first-order chi connectivity index (χ1) is 9.28. The topological polar surface area (TPSA) is 53.6 Å². The number of carbonyl (C=O) groups is 1. The van der Waals surface area contributed by atoms with Gasteiger partial charge in [-0.05, 0) is 24.1 Å². The van der Waals surface area contributed by atoms with Gasteiger partial charge >= 0.3 is 0 Å². The Hall–Kier alpha value is -1.75. The molecule has 1 aromatic carbocycles. The van der Waals surface area contributed by atoms with Crippen molar-refractivity contribution in [3.05, 3.63) is 17.7 Å². The summed E-state index contributed by atoms with van der Waals surface area (Å²) in [6, 6.07) is 4.21. The van der Waals surface area contributed by atoms with Gasteiger partial charge in [0, 0.05) is 31.9 Å². The molecule has 0 unspecified atom stereocenters. The summed E-state index contributed by atoms with van der Waals surface area (Å²) in [5.74, 6) is 0.757. The zero-order chi connectivity index (χ0) is 13.2. The molecule has 2 aliphatic rings. The van der Waals surface area contributed by atoms with E-state index in [2.05, 4.69) is 28.5 Å². The number of anilines is 2. The summed E-state index contributed by atoms with van der Waals surface area (Å²) in [5, 5.41) is 6.25. The molecule has 0 atom stereocenters. The van der Waals surface area contributed by atoms with Crippen LogP contribution in [0.5, 0.6) is 5.75 Å². The zero-order valence-electron chi connectivity index (χ0n) is 11.2. The zero-order valence-corrected chi connectivity index (χ0v) is 11.2. The Morgan fingerprint density at radius 1 is 1.32 bits per heavy atom. The van der Waals surface area contributed by atoms with Gasteiger partial charge in [0.2, 0.25) is 0 Å². The highest BCUT2D eigenvalue weighted by molar-refractivity contribution is 5.96. The fourth-order valence-corrected chi connectivity index (χ4v) is 2.63. The van der Waals surface area contributed by atoms with E-state index in [1.807, 2.05) is 6.07 Å². The number of rotatable bonds is 2. The van der Waals surface area contributed by atoms with Crippen LogP contribution in [0.25, 0.3) is 0 Å². The number of piperazine rings is 1. The maximum atomic E-state index is 11.5. The molecule has 5 heteroatoms. The molecule has 0 saturated carbocycles. The smallest absolute Gasteiger partial charge is 0.262 e. The number of ether oxygens (including phenoxy) is 1. The van der Waals surface area contributed by atoms with Crippen LogP contribution in [0, 0.1) is 0 Å². The van der Waals surface area contributed by atoms with Crippen molar-refractivity contribution in [2.75, 3.05) is 43.0 Å². The predicted molar refractivity (Wildman–Crippen MR) is 75.0 cm³/mol. The molecule has 1 saturated heterocycles. The summed E-state index contributed by atoms with van der Waals surface area (Å²) in [6.07, 6.45) is 0.901. The minimum Gasteiger partial charge on any atom is -0.481 e. The van der Waals surface area contributed by atoms with E-state index in [0.29, 0.717) is 0 Å². The molecule has 5 nitrogen and oxygen atoms in total. The van der Waals surface area contributed by atoms with E-state index >= 15 is 0 Å². The normalized spacial score (nSPS) is 18.6. The first kappa shape index (κ1) is 12.3. The number of carbonyl (C=O) groups excluding carboxylic acids is 1. The van der Waals surface area contributed by atoms with Crippen molar-refractivity contribution in [1.29, 1.82) is 0 Å². The van der Waals surface area contributed by atoms with Crippen molar-refractivity contribution in [1.82, 2.24) is 5.32 Å². The van der Waals surface area contributed by atoms with Gasteiger partial charge in [0.1, 0.15) is 5.75 Å². The maximum absolute atomic E-state index is 11.5. The average molecular weight is 261 g/mol. The lowest BCUT2D eigenvalue weighted by molar-refractivity contribution is -0.118. The number of benzene rings is 1. The van der Waals surface area contributed by atoms with E-state index in [4.69, 9.17) is 4.74 Å². The second kappa shape index (κ2) is 5.09. The third kappa shape index (κ3) is 2.38. The Bertz CT molecular complexity index is 496. The number of hydrogen-bond donors (Lipinski definition) is 2. The van der Waals surface area contributed by atoms with Gasteiger partial charge in [-0.15, -0.1) is 0 Å². The van der Waals surface area contributed by atoms with E-state index in [9.17, 15) is 4.79 Å². The fourth-order valence-electron chi connectivity index (χ4n) is 2.63. The minimum absolute atomic E-state index is 0.0768. The van der Waals surface area contributed by atoms with Gasteiger partial charge in [-0.1, -0.05) is 6.92 Å². The third-order valence-corrected chi connectivity index (χ3v) is 3.64. The number of hydrogen-bond acceptors (Lipinski definition) is 4. The van der Waals surface area contributed by atoms with Gasteiger partial charge in [0.25, 0.3) is 5.91 Å². The van der Waals surface area contributed by atoms with Gasteiger partial charge < -0.3 is 20.3 Å². The van der Waals surface area contributed by atoms with Crippen molar-refractivity contribution in [2.45, 2.75) is 13.3 Å². The Morgan fingerprint density at radius 2 is 2.11 bits per heavy atom. The lowest BCUT2D eigenvalue weighted by atomic mass is 10.1. The number of fused-ring (bicyclic) bond motifs is 1. The number of amides is 1. The Balaban J connectivity index is 1.97. The SMILES string of the molecule is CCc1cc(N2CCNCC2)cc2c1OCC(=O)N2. The van der Waals surface area contributed by atoms with Gasteiger partial charge in [-0.3, -0.25) is 4.79 Å². The highest BCUT2D eigenvalue weighted by Gasteiger charge is 2.21.